The van der Waals surface area contributed by atoms with Crippen molar-refractivity contribution < 1.29 is 14.9 Å². The molecular weight excluding hydrogens is 296 g/mol. The van der Waals surface area contributed by atoms with Gasteiger partial charge in [0.1, 0.15) is 12.4 Å². The Morgan fingerprint density at radius 2 is 1.94 bits per heavy atom. The van der Waals surface area contributed by atoms with Crippen molar-refractivity contribution in [1.29, 1.82) is 0 Å². The summed E-state index contributed by atoms with van der Waals surface area (Å²) in [5, 5.41) is 19.8. The highest BCUT2D eigenvalue weighted by molar-refractivity contribution is 9.10. The van der Waals surface area contributed by atoms with Crippen LogP contribution in [0.3, 0.4) is 0 Å². The Morgan fingerprint density at radius 1 is 1.33 bits per heavy atom. The molecular formula is C14H21BrO3. The second kappa shape index (κ2) is 6.04. The number of benzene rings is 1. The minimum absolute atomic E-state index is 0.0969. The van der Waals surface area contributed by atoms with Crippen LogP contribution < -0.4 is 4.74 Å². The quantitative estimate of drug-likeness (QED) is 0.876. The predicted octanol–water partition coefficient (Wildman–Crippen LogP) is 3.29. The number of aliphatic hydroxyl groups is 2. The molecule has 1 aromatic rings. The molecule has 1 aromatic carbocycles. The maximum absolute atomic E-state index is 10.2. The minimum atomic E-state index is -0.891. The van der Waals surface area contributed by atoms with Crippen LogP contribution in [0.2, 0.25) is 0 Å². The molecule has 0 saturated carbocycles. The van der Waals surface area contributed by atoms with Gasteiger partial charge in [0, 0.05) is 10.0 Å². The van der Waals surface area contributed by atoms with Gasteiger partial charge in [0.05, 0.1) is 11.7 Å². The van der Waals surface area contributed by atoms with Gasteiger partial charge in [-0.1, -0.05) is 35.8 Å². The zero-order valence-corrected chi connectivity index (χ0v) is 12.9. The van der Waals surface area contributed by atoms with E-state index < -0.39 is 11.7 Å². The van der Waals surface area contributed by atoms with Crippen LogP contribution >= 0.6 is 15.9 Å². The van der Waals surface area contributed by atoms with Crippen molar-refractivity contribution in [3.05, 3.63) is 28.2 Å². The molecule has 0 aromatic heterocycles. The highest BCUT2D eigenvalue weighted by Crippen LogP contribution is 2.30. The van der Waals surface area contributed by atoms with Crippen molar-refractivity contribution in [1.82, 2.24) is 0 Å². The zero-order valence-electron chi connectivity index (χ0n) is 11.3. The predicted molar refractivity (Wildman–Crippen MR) is 75.7 cm³/mol. The third-order valence-electron chi connectivity index (χ3n) is 3.19. The first-order valence-electron chi connectivity index (χ1n) is 6.06. The average molecular weight is 317 g/mol. The fourth-order valence-corrected chi connectivity index (χ4v) is 1.71. The Balaban J connectivity index is 2.87. The number of hydrogen-bond donors (Lipinski definition) is 2. The number of halogens is 1. The fraction of sp³-hybridized carbons (Fsp3) is 0.571. The molecule has 0 bridgehead atoms. The van der Waals surface area contributed by atoms with Crippen molar-refractivity contribution in [2.24, 2.45) is 5.92 Å². The zero-order chi connectivity index (χ0) is 13.9. The molecule has 4 heteroatoms. The summed E-state index contributed by atoms with van der Waals surface area (Å²) in [5.41, 5.74) is -0.170. The average Bonchev–Trinajstić information content (AvgIpc) is 2.26. The van der Waals surface area contributed by atoms with E-state index in [1.165, 1.54) is 0 Å². The number of aliphatic hydroxyl groups excluding tert-OH is 1. The number of ether oxygens (including phenoxy) is 1. The maximum atomic E-state index is 10.2. The molecule has 1 rings (SSSR count). The lowest BCUT2D eigenvalue weighted by Crippen LogP contribution is -2.38. The van der Waals surface area contributed by atoms with Gasteiger partial charge in [0.15, 0.2) is 0 Å². The molecule has 1 unspecified atom stereocenters. The lowest BCUT2D eigenvalue weighted by atomic mass is 9.94. The molecule has 0 fully saturated rings. The van der Waals surface area contributed by atoms with Gasteiger partial charge in [-0.05, 0) is 31.9 Å². The van der Waals surface area contributed by atoms with Crippen LogP contribution in [0.4, 0.5) is 0 Å². The largest absolute Gasteiger partial charge is 0.490 e. The molecule has 102 valence electrons. The van der Waals surface area contributed by atoms with Crippen LogP contribution in [0, 0.1) is 5.92 Å². The van der Waals surface area contributed by atoms with Crippen molar-refractivity contribution in [2.45, 2.75) is 39.4 Å². The summed E-state index contributed by atoms with van der Waals surface area (Å²) in [4.78, 5) is 0. The molecule has 0 spiro atoms. The molecule has 2 N–H and O–H groups in total. The Bertz CT molecular complexity index is 400. The molecule has 0 aliphatic carbocycles. The summed E-state index contributed by atoms with van der Waals surface area (Å²) in [6, 6.07) is 5.47. The Morgan fingerprint density at radius 3 is 2.44 bits per heavy atom. The number of hydrogen-bond acceptors (Lipinski definition) is 3. The second-order valence-corrected chi connectivity index (χ2v) is 6.07. The molecule has 0 amide bonds. The van der Waals surface area contributed by atoms with E-state index in [0.29, 0.717) is 5.75 Å². The first-order chi connectivity index (χ1) is 8.24. The monoisotopic (exact) mass is 316 g/mol. The van der Waals surface area contributed by atoms with E-state index in [1.54, 1.807) is 19.9 Å². The molecule has 2 atom stereocenters. The summed E-state index contributed by atoms with van der Waals surface area (Å²) in [6.45, 7) is 7.52. The van der Waals surface area contributed by atoms with Crippen molar-refractivity contribution >= 4 is 15.9 Å². The summed E-state index contributed by atoms with van der Waals surface area (Å²) < 4.78 is 6.55. The van der Waals surface area contributed by atoms with E-state index in [1.807, 2.05) is 26.0 Å². The van der Waals surface area contributed by atoms with Crippen LogP contribution in [0.1, 0.15) is 39.4 Å². The third-order valence-corrected chi connectivity index (χ3v) is 3.68. The third kappa shape index (κ3) is 3.97. The summed E-state index contributed by atoms with van der Waals surface area (Å²) in [6.07, 6.45) is -0.600. The fourth-order valence-electron chi connectivity index (χ4n) is 1.37. The van der Waals surface area contributed by atoms with Crippen LogP contribution in [-0.4, -0.2) is 22.4 Å². The standard InChI is InChI=1S/C14H21BrO3/c1-9(2)14(4,17)8-18-13-7-11(15)5-6-12(13)10(3)16/h5-7,9-10,16-17H,8H2,1-4H3/t10-,14?/m0/s1. The van der Waals surface area contributed by atoms with E-state index in [-0.39, 0.29) is 12.5 Å². The summed E-state index contributed by atoms with van der Waals surface area (Å²) in [7, 11) is 0. The van der Waals surface area contributed by atoms with Crippen molar-refractivity contribution in [2.75, 3.05) is 6.61 Å². The maximum Gasteiger partial charge on any atom is 0.126 e. The van der Waals surface area contributed by atoms with Crippen LogP contribution in [0.15, 0.2) is 22.7 Å². The first-order valence-corrected chi connectivity index (χ1v) is 6.86. The molecule has 3 nitrogen and oxygen atoms in total. The lowest BCUT2D eigenvalue weighted by Gasteiger charge is -2.28. The van der Waals surface area contributed by atoms with E-state index in [4.69, 9.17) is 4.74 Å². The lowest BCUT2D eigenvalue weighted by molar-refractivity contribution is -0.0273. The SMILES string of the molecule is CC(C)C(C)(O)COc1cc(Br)ccc1[C@H](C)O. The van der Waals surface area contributed by atoms with Gasteiger partial charge in [-0.25, -0.2) is 0 Å². The normalized spacial score (nSPS) is 16.4. The summed E-state index contributed by atoms with van der Waals surface area (Å²) >= 11 is 3.37. The van der Waals surface area contributed by atoms with Gasteiger partial charge in [-0.3, -0.25) is 0 Å². The smallest absolute Gasteiger partial charge is 0.126 e. The number of rotatable bonds is 5. The van der Waals surface area contributed by atoms with E-state index >= 15 is 0 Å². The van der Waals surface area contributed by atoms with Gasteiger partial charge in [0.25, 0.3) is 0 Å². The van der Waals surface area contributed by atoms with Crippen LogP contribution in [0.5, 0.6) is 5.75 Å². The Labute approximate surface area is 117 Å². The van der Waals surface area contributed by atoms with Gasteiger partial charge in [-0.15, -0.1) is 0 Å². The van der Waals surface area contributed by atoms with Gasteiger partial charge in [-0.2, -0.15) is 0 Å². The summed E-state index contributed by atoms with van der Waals surface area (Å²) in [5.74, 6) is 0.694. The molecule has 18 heavy (non-hydrogen) atoms. The van der Waals surface area contributed by atoms with E-state index in [2.05, 4.69) is 15.9 Å². The Hall–Kier alpha value is -0.580. The minimum Gasteiger partial charge on any atom is -0.490 e. The van der Waals surface area contributed by atoms with Gasteiger partial charge in [0.2, 0.25) is 0 Å². The van der Waals surface area contributed by atoms with Gasteiger partial charge < -0.3 is 14.9 Å². The topological polar surface area (TPSA) is 49.7 Å². The van der Waals surface area contributed by atoms with Crippen LogP contribution in [-0.2, 0) is 0 Å². The molecule has 0 radical (unpaired) electrons. The highest BCUT2D eigenvalue weighted by Gasteiger charge is 2.26. The van der Waals surface area contributed by atoms with E-state index in [0.717, 1.165) is 10.0 Å². The first kappa shape index (κ1) is 15.5. The van der Waals surface area contributed by atoms with Crippen molar-refractivity contribution in [3.8, 4) is 5.75 Å². The molecule has 0 aliphatic heterocycles. The van der Waals surface area contributed by atoms with E-state index in [9.17, 15) is 10.2 Å². The second-order valence-electron chi connectivity index (χ2n) is 5.16. The van der Waals surface area contributed by atoms with Gasteiger partial charge >= 0.3 is 0 Å². The molecule has 0 heterocycles. The van der Waals surface area contributed by atoms with Crippen LogP contribution in [0.25, 0.3) is 0 Å². The molecule has 0 saturated heterocycles. The molecule has 0 aliphatic rings. The Kier molecular flexibility index (Phi) is 5.20. The highest BCUT2D eigenvalue weighted by atomic mass is 79.9. The van der Waals surface area contributed by atoms with Crippen molar-refractivity contribution in [3.63, 3.8) is 0 Å².